The smallest absolute Gasteiger partial charge is 0.305 e. The number of esters is 1. The van der Waals surface area contributed by atoms with Crippen LogP contribution in [0.3, 0.4) is 0 Å². The highest BCUT2D eigenvalue weighted by molar-refractivity contribution is 5.76. The van der Waals surface area contributed by atoms with Gasteiger partial charge in [0, 0.05) is 12.8 Å². The Hall–Kier alpha value is -2.64. The normalized spacial score (nSPS) is 20.3. The monoisotopic (exact) mass is 918 g/mol. The Morgan fingerprint density at radius 2 is 1.06 bits per heavy atom. The van der Waals surface area contributed by atoms with Gasteiger partial charge >= 0.3 is 5.97 Å². The lowest BCUT2D eigenvalue weighted by molar-refractivity contribution is -0.302. The molecule has 1 heterocycles. The third kappa shape index (κ3) is 34.3. The highest BCUT2D eigenvalue weighted by Crippen LogP contribution is 2.22. The maximum Gasteiger partial charge on any atom is 0.305 e. The molecule has 376 valence electrons. The number of unbranched alkanes of at least 4 members (excludes halogenated alkanes) is 21. The first-order valence-electron chi connectivity index (χ1n) is 26.1. The number of nitrogens with one attached hydrogen (secondary N) is 1. The zero-order chi connectivity index (χ0) is 47.4. The van der Waals surface area contributed by atoms with Crippen LogP contribution >= 0.6 is 0 Å². The summed E-state index contributed by atoms with van der Waals surface area (Å²) in [5, 5.41) is 54.1. The van der Waals surface area contributed by atoms with E-state index in [1.54, 1.807) is 6.08 Å². The Kier molecular flexibility index (Phi) is 40.8. The number of rotatable bonds is 43. The van der Waals surface area contributed by atoms with Gasteiger partial charge in [0.15, 0.2) is 6.29 Å². The number of ether oxygens (including phenoxy) is 3. The molecule has 0 spiro atoms. The van der Waals surface area contributed by atoms with Gasteiger partial charge < -0.3 is 45.1 Å². The van der Waals surface area contributed by atoms with Crippen LogP contribution in [-0.4, -0.2) is 100 Å². The molecule has 0 radical (unpaired) electrons. The van der Waals surface area contributed by atoms with Gasteiger partial charge in [0.1, 0.15) is 24.4 Å². The molecule has 11 nitrogen and oxygen atoms in total. The van der Waals surface area contributed by atoms with Gasteiger partial charge in [-0.15, -0.1) is 0 Å². The van der Waals surface area contributed by atoms with Crippen molar-refractivity contribution in [1.29, 1.82) is 0 Å². The van der Waals surface area contributed by atoms with E-state index >= 15 is 0 Å². The summed E-state index contributed by atoms with van der Waals surface area (Å²) in [4.78, 5) is 25.0. The SMILES string of the molecule is CCCCC/C=C\CCCCCCCC(=O)OCCCCCCCC/C=C\C/C=C\CCC(=O)NC(COC1OC(CO)C(O)C(O)C1O)C(O)/C=C/CC/C=C/CCCCCCCC. The van der Waals surface area contributed by atoms with Crippen LogP contribution in [0.15, 0.2) is 60.8 Å². The molecule has 0 saturated carbocycles. The van der Waals surface area contributed by atoms with Crippen molar-refractivity contribution in [3.63, 3.8) is 0 Å². The zero-order valence-electron chi connectivity index (χ0n) is 40.9. The predicted octanol–water partition coefficient (Wildman–Crippen LogP) is 10.7. The van der Waals surface area contributed by atoms with E-state index < -0.39 is 49.5 Å². The van der Waals surface area contributed by atoms with E-state index in [1.807, 2.05) is 18.2 Å². The Morgan fingerprint density at radius 1 is 0.569 bits per heavy atom. The number of carbonyl (C=O) groups is 2. The van der Waals surface area contributed by atoms with E-state index in [9.17, 15) is 35.1 Å². The molecule has 1 saturated heterocycles. The fourth-order valence-corrected chi connectivity index (χ4v) is 7.61. The summed E-state index contributed by atoms with van der Waals surface area (Å²) in [6.45, 7) is 4.17. The largest absolute Gasteiger partial charge is 0.466 e. The maximum atomic E-state index is 12.9. The number of aliphatic hydroxyl groups excluding tert-OH is 5. The van der Waals surface area contributed by atoms with Gasteiger partial charge in [-0.1, -0.05) is 164 Å². The number of amides is 1. The molecule has 65 heavy (non-hydrogen) atoms. The quantitative estimate of drug-likeness (QED) is 0.0196. The van der Waals surface area contributed by atoms with Crippen molar-refractivity contribution in [3.05, 3.63) is 60.8 Å². The molecule has 1 amide bonds. The molecule has 1 fully saturated rings. The van der Waals surface area contributed by atoms with Gasteiger partial charge in [-0.05, 0) is 89.9 Å². The molecule has 7 atom stereocenters. The molecule has 0 aromatic rings. The summed E-state index contributed by atoms with van der Waals surface area (Å²) in [6.07, 6.45) is 44.6. The van der Waals surface area contributed by atoms with E-state index in [0.717, 1.165) is 70.6 Å². The number of aliphatic hydroxyl groups is 5. The van der Waals surface area contributed by atoms with Crippen molar-refractivity contribution in [2.24, 2.45) is 0 Å². The maximum absolute atomic E-state index is 12.9. The van der Waals surface area contributed by atoms with Crippen LogP contribution in [0.4, 0.5) is 0 Å². The van der Waals surface area contributed by atoms with Crippen LogP contribution < -0.4 is 5.32 Å². The number of hydrogen-bond donors (Lipinski definition) is 6. The lowest BCUT2D eigenvalue weighted by Crippen LogP contribution is -2.60. The van der Waals surface area contributed by atoms with Crippen LogP contribution in [0, 0.1) is 0 Å². The lowest BCUT2D eigenvalue weighted by Gasteiger charge is -2.40. The number of allylic oxidation sites excluding steroid dienone is 9. The average molecular weight is 918 g/mol. The van der Waals surface area contributed by atoms with Gasteiger partial charge in [0.05, 0.1) is 32.0 Å². The topological polar surface area (TPSA) is 175 Å². The van der Waals surface area contributed by atoms with E-state index in [-0.39, 0.29) is 24.9 Å². The van der Waals surface area contributed by atoms with Crippen molar-refractivity contribution in [2.75, 3.05) is 19.8 Å². The lowest BCUT2D eigenvalue weighted by atomic mass is 9.99. The standard InChI is InChI=1S/C54H95NO10/c1-3-5-7-9-11-13-15-20-24-28-32-36-40-47(57)46(45-64-54-53(62)52(61)51(60)48(44-56)65-54)55-49(58)41-37-33-29-25-21-18-17-19-23-27-31-35-39-43-63-50(59)42-38-34-30-26-22-16-14-12-10-8-6-4-2/h12,14,18,20-21,24,29,33,36,40,46-48,51-54,56-57,60-62H,3-11,13,15-17,19,22-23,25-28,30-32,34-35,37-39,41-45H2,1-2H3,(H,55,58)/b14-12-,21-18-,24-20+,33-29-,40-36+. The molecule has 0 aliphatic carbocycles. The van der Waals surface area contributed by atoms with Crippen LogP contribution in [0.25, 0.3) is 0 Å². The van der Waals surface area contributed by atoms with E-state index in [4.69, 9.17) is 14.2 Å². The molecule has 7 unspecified atom stereocenters. The molecule has 6 N–H and O–H groups in total. The molecule has 1 rings (SSSR count). The van der Waals surface area contributed by atoms with Crippen LogP contribution in [0.2, 0.25) is 0 Å². The Balaban J connectivity index is 2.25. The Morgan fingerprint density at radius 3 is 1.68 bits per heavy atom. The molecular weight excluding hydrogens is 823 g/mol. The summed E-state index contributed by atoms with van der Waals surface area (Å²) < 4.78 is 16.6. The third-order valence-corrected chi connectivity index (χ3v) is 11.8. The minimum atomic E-state index is -1.59. The van der Waals surface area contributed by atoms with E-state index in [0.29, 0.717) is 19.4 Å². The van der Waals surface area contributed by atoms with Gasteiger partial charge in [0.2, 0.25) is 5.91 Å². The second-order valence-corrected chi connectivity index (χ2v) is 17.8. The Bertz CT molecular complexity index is 1270. The van der Waals surface area contributed by atoms with E-state index in [1.165, 1.54) is 103 Å². The molecule has 1 aliphatic rings. The third-order valence-electron chi connectivity index (χ3n) is 11.8. The first-order valence-corrected chi connectivity index (χ1v) is 26.1. The van der Waals surface area contributed by atoms with Crippen LogP contribution in [-0.2, 0) is 23.8 Å². The first-order chi connectivity index (χ1) is 31.7. The Labute approximate surface area is 395 Å². The summed E-state index contributed by atoms with van der Waals surface area (Å²) in [6, 6.07) is -0.872. The number of hydrogen-bond acceptors (Lipinski definition) is 10. The second kappa shape index (κ2) is 43.9. The van der Waals surface area contributed by atoms with E-state index in [2.05, 4.69) is 55.6 Å². The molecule has 11 heteroatoms. The van der Waals surface area contributed by atoms with Gasteiger partial charge in [-0.2, -0.15) is 0 Å². The van der Waals surface area contributed by atoms with Crippen LogP contribution in [0.5, 0.6) is 0 Å². The predicted molar refractivity (Wildman–Crippen MR) is 264 cm³/mol. The first kappa shape index (κ1) is 60.4. The fraction of sp³-hybridized carbons (Fsp3) is 0.778. The van der Waals surface area contributed by atoms with Gasteiger partial charge in [0.25, 0.3) is 0 Å². The van der Waals surface area contributed by atoms with Crippen molar-refractivity contribution in [2.45, 2.75) is 249 Å². The minimum Gasteiger partial charge on any atom is -0.466 e. The minimum absolute atomic E-state index is 0.0517. The highest BCUT2D eigenvalue weighted by Gasteiger charge is 2.44. The zero-order valence-corrected chi connectivity index (χ0v) is 40.9. The average Bonchev–Trinajstić information content (AvgIpc) is 3.30. The van der Waals surface area contributed by atoms with Crippen molar-refractivity contribution in [1.82, 2.24) is 5.32 Å². The second-order valence-electron chi connectivity index (χ2n) is 17.8. The van der Waals surface area contributed by atoms with Crippen molar-refractivity contribution < 1.29 is 49.3 Å². The summed E-state index contributed by atoms with van der Waals surface area (Å²) in [5.41, 5.74) is 0. The molecule has 0 aromatic heterocycles. The molecule has 0 bridgehead atoms. The summed E-state index contributed by atoms with van der Waals surface area (Å²) in [5.74, 6) is -0.328. The fourth-order valence-electron chi connectivity index (χ4n) is 7.61. The van der Waals surface area contributed by atoms with Gasteiger partial charge in [-0.3, -0.25) is 9.59 Å². The van der Waals surface area contributed by atoms with Crippen molar-refractivity contribution >= 4 is 11.9 Å². The van der Waals surface area contributed by atoms with Crippen molar-refractivity contribution in [3.8, 4) is 0 Å². The van der Waals surface area contributed by atoms with Gasteiger partial charge in [-0.25, -0.2) is 0 Å². The number of carbonyl (C=O) groups excluding carboxylic acids is 2. The summed E-state index contributed by atoms with van der Waals surface area (Å²) >= 11 is 0. The van der Waals surface area contributed by atoms with Crippen LogP contribution in [0.1, 0.15) is 206 Å². The molecule has 0 aromatic carbocycles. The molecular formula is C54H95NO10. The highest BCUT2D eigenvalue weighted by atomic mass is 16.7. The molecule has 1 aliphatic heterocycles. The summed E-state index contributed by atoms with van der Waals surface area (Å²) in [7, 11) is 0.